The Morgan fingerprint density at radius 2 is 1.82 bits per heavy atom. The van der Waals surface area contributed by atoms with Gasteiger partial charge in [-0.15, -0.1) is 0 Å². The molecule has 0 bridgehead atoms. The molecule has 0 unspecified atom stereocenters. The topological polar surface area (TPSA) is 44.6 Å². The average Bonchev–Trinajstić information content (AvgIpc) is 3.34. The largest absolute Gasteiger partial charge is 0.507 e. The third-order valence-electron chi connectivity index (χ3n) is 7.06. The molecule has 0 spiro atoms. The number of aromatic hydroxyl groups is 1. The Kier molecular flexibility index (Phi) is 4.76. The summed E-state index contributed by atoms with van der Waals surface area (Å²) in [4.78, 5) is 4.67. The molecule has 162 valence electrons. The third kappa shape index (κ3) is 3.50. The SMILES string of the molecule is Cc1ccc2c(c1)[C@@H]1C=CC[C@H]1[C@@H](c1ccc(N=Cc3c(O)ccc4ccccc34)cc1)N2. The first kappa shape index (κ1) is 19.8. The Labute approximate surface area is 194 Å². The summed E-state index contributed by atoms with van der Waals surface area (Å²) in [5, 5.41) is 16.3. The lowest BCUT2D eigenvalue weighted by atomic mass is 9.76. The van der Waals surface area contributed by atoms with Gasteiger partial charge in [0.15, 0.2) is 0 Å². The molecular weight excluding hydrogens is 404 g/mol. The standard InChI is InChI=1S/C30H26N2O/c1-19-9-15-28-26(17-19)24-7-4-8-25(24)30(32-28)21-10-13-22(14-11-21)31-18-27-23-6-3-2-5-20(23)12-16-29(27)33/h2-7,9-18,24-25,30,32-33H,8H2,1H3/t24-,25-,30-/m1/s1. The molecule has 6 rings (SSSR count). The van der Waals surface area contributed by atoms with Crippen LogP contribution in [0, 0.1) is 12.8 Å². The summed E-state index contributed by atoms with van der Waals surface area (Å²) in [7, 11) is 0. The maximum Gasteiger partial charge on any atom is 0.124 e. The van der Waals surface area contributed by atoms with Gasteiger partial charge in [-0.2, -0.15) is 0 Å². The number of phenolic OH excluding ortho intramolecular Hbond substituents is 1. The summed E-state index contributed by atoms with van der Waals surface area (Å²) in [5.74, 6) is 1.24. The van der Waals surface area contributed by atoms with Gasteiger partial charge in [0.2, 0.25) is 0 Å². The second-order valence-electron chi connectivity index (χ2n) is 9.14. The quantitative estimate of drug-likeness (QED) is 0.262. The molecule has 0 radical (unpaired) electrons. The number of fused-ring (bicyclic) bond motifs is 4. The summed E-state index contributed by atoms with van der Waals surface area (Å²) in [6.45, 7) is 2.16. The van der Waals surface area contributed by atoms with Crippen LogP contribution in [0.2, 0.25) is 0 Å². The minimum absolute atomic E-state index is 0.245. The van der Waals surface area contributed by atoms with Crippen molar-refractivity contribution in [3.8, 4) is 5.75 Å². The minimum Gasteiger partial charge on any atom is -0.507 e. The molecule has 0 saturated carbocycles. The number of aliphatic imine (C=N–C) groups is 1. The number of phenols is 1. The second-order valence-corrected chi connectivity index (χ2v) is 9.14. The van der Waals surface area contributed by atoms with Crippen LogP contribution in [0.3, 0.4) is 0 Å². The predicted octanol–water partition coefficient (Wildman–Crippen LogP) is 7.43. The number of rotatable bonds is 3. The van der Waals surface area contributed by atoms with Crippen molar-refractivity contribution in [2.45, 2.75) is 25.3 Å². The van der Waals surface area contributed by atoms with Crippen LogP contribution in [0.5, 0.6) is 5.75 Å². The smallest absolute Gasteiger partial charge is 0.124 e. The first-order chi connectivity index (χ1) is 16.2. The van der Waals surface area contributed by atoms with E-state index in [0.717, 1.165) is 28.4 Å². The molecule has 3 atom stereocenters. The zero-order chi connectivity index (χ0) is 22.4. The van der Waals surface area contributed by atoms with E-state index in [0.29, 0.717) is 11.8 Å². The summed E-state index contributed by atoms with van der Waals surface area (Å²) in [5.41, 5.74) is 6.88. The predicted molar refractivity (Wildman–Crippen MR) is 137 cm³/mol. The van der Waals surface area contributed by atoms with Crippen molar-refractivity contribution in [3.05, 3.63) is 113 Å². The van der Waals surface area contributed by atoms with Crippen molar-refractivity contribution in [2.75, 3.05) is 5.32 Å². The van der Waals surface area contributed by atoms with Crippen LogP contribution in [-0.2, 0) is 0 Å². The highest BCUT2D eigenvalue weighted by Crippen LogP contribution is 2.50. The van der Waals surface area contributed by atoms with Gasteiger partial charge in [0.25, 0.3) is 0 Å². The fraction of sp³-hybridized carbons (Fsp3) is 0.167. The van der Waals surface area contributed by atoms with E-state index in [4.69, 9.17) is 0 Å². The van der Waals surface area contributed by atoms with Crippen LogP contribution in [0.1, 0.15) is 40.6 Å². The Hall–Kier alpha value is -3.85. The molecule has 3 nitrogen and oxygen atoms in total. The van der Waals surface area contributed by atoms with Crippen molar-refractivity contribution in [1.29, 1.82) is 0 Å². The maximum atomic E-state index is 10.4. The number of nitrogens with zero attached hydrogens (tertiary/aromatic N) is 1. The van der Waals surface area contributed by atoms with E-state index in [2.05, 4.69) is 71.8 Å². The lowest BCUT2D eigenvalue weighted by Crippen LogP contribution is -2.29. The summed E-state index contributed by atoms with van der Waals surface area (Å²) in [6.07, 6.45) is 7.57. The van der Waals surface area contributed by atoms with Gasteiger partial charge in [-0.3, -0.25) is 4.99 Å². The molecule has 33 heavy (non-hydrogen) atoms. The Balaban J connectivity index is 1.28. The van der Waals surface area contributed by atoms with Gasteiger partial charge >= 0.3 is 0 Å². The average molecular weight is 431 g/mol. The highest BCUT2D eigenvalue weighted by atomic mass is 16.3. The van der Waals surface area contributed by atoms with Gasteiger partial charge in [-0.1, -0.05) is 72.3 Å². The highest BCUT2D eigenvalue weighted by molar-refractivity contribution is 6.02. The van der Waals surface area contributed by atoms with Crippen LogP contribution in [0.15, 0.2) is 96.0 Å². The molecule has 2 aliphatic rings. The van der Waals surface area contributed by atoms with E-state index >= 15 is 0 Å². The van der Waals surface area contributed by atoms with E-state index < -0.39 is 0 Å². The number of aryl methyl sites for hydroxylation is 1. The Bertz CT molecular complexity index is 1400. The number of benzene rings is 4. The molecule has 3 heteroatoms. The van der Waals surface area contributed by atoms with Gasteiger partial charge in [0.1, 0.15) is 5.75 Å². The molecule has 1 aliphatic carbocycles. The molecule has 0 aromatic heterocycles. The Morgan fingerprint density at radius 3 is 2.70 bits per heavy atom. The van der Waals surface area contributed by atoms with Gasteiger partial charge in [-0.25, -0.2) is 0 Å². The lowest BCUT2D eigenvalue weighted by molar-refractivity contribution is 0.425. The van der Waals surface area contributed by atoms with Gasteiger partial charge in [0.05, 0.1) is 11.7 Å². The number of nitrogens with one attached hydrogen (secondary N) is 1. The number of hydrogen-bond acceptors (Lipinski definition) is 3. The molecule has 0 amide bonds. The minimum atomic E-state index is 0.245. The number of anilines is 1. The molecular formula is C30H26N2O. The maximum absolute atomic E-state index is 10.4. The Morgan fingerprint density at radius 1 is 0.970 bits per heavy atom. The van der Waals surface area contributed by atoms with Crippen LogP contribution >= 0.6 is 0 Å². The van der Waals surface area contributed by atoms with E-state index in [1.54, 1.807) is 12.3 Å². The normalized spacial score (nSPS) is 21.2. The number of hydrogen-bond donors (Lipinski definition) is 2. The second kappa shape index (κ2) is 7.93. The molecule has 0 fully saturated rings. The monoisotopic (exact) mass is 430 g/mol. The zero-order valence-corrected chi connectivity index (χ0v) is 18.6. The van der Waals surface area contributed by atoms with E-state index in [1.165, 1.54) is 22.4 Å². The lowest BCUT2D eigenvalue weighted by Gasteiger charge is -2.37. The van der Waals surface area contributed by atoms with Crippen molar-refractivity contribution >= 4 is 28.4 Å². The molecule has 1 aliphatic heterocycles. The van der Waals surface area contributed by atoms with E-state index in [1.807, 2.05) is 30.3 Å². The van der Waals surface area contributed by atoms with Crippen LogP contribution in [0.4, 0.5) is 11.4 Å². The molecule has 1 heterocycles. The highest BCUT2D eigenvalue weighted by Gasteiger charge is 2.37. The fourth-order valence-electron chi connectivity index (χ4n) is 5.37. The van der Waals surface area contributed by atoms with E-state index in [-0.39, 0.29) is 11.8 Å². The summed E-state index contributed by atoms with van der Waals surface area (Å²) in [6, 6.07) is 27.2. The molecule has 4 aromatic rings. The molecule has 0 saturated heterocycles. The summed E-state index contributed by atoms with van der Waals surface area (Å²) < 4.78 is 0. The van der Waals surface area contributed by atoms with Crippen LogP contribution in [-0.4, -0.2) is 11.3 Å². The molecule has 4 aromatic carbocycles. The fourth-order valence-corrected chi connectivity index (χ4v) is 5.37. The van der Waals surface area contributed by atoms with Gasteiger partial charge in [-0.05, 0) is 65.4 Å². The van der Waals surface area contributed by atoms with Crippen molar-refractivity contribution < 1.29 is 5.11 Å². The van der Waals surface area contributed by atoms with E-state index in [9.17, 15) is 5.11 Å². The zero-order valence-electron chi connectivity index (χ0n) is 18.6. The van der Waals surface area contributed by atoms with Crippen molar-refractivity contribution in [3.63, 3.8) is 0 Å². The van der Waals surface area contributed by atoms with Gasteiger partial charge < -0.3 is 10.4 Å². The summed E-state index contributed by atoms with van der Waals surface area (Å²) >= 11 is 0. The van der Waals surface area contributed by atoms with Crippen molar-refractivity contribution in [1.82, 2.24) is 0 Å². The number of allylic oxidation sites excluding steroid dienone is 2. The van der Waals surface area contributed by atoms with Crippen LogP contribution in [0.25, 0.3) is 10.8 Å². The van der Waals surface area contributed by atoms with Crippen LogP contribution < -0.4 is 5.32 Å². The van der Waals surface area contributed by atoms with Crippen molar-refractivity contribution in [2.24, 2.45) is 10.9 Å². The van der Waals surface area contributed by atoms with Gasteiger partial charge in [0, 0.05) is 23.4 Å². The molecule has 2 N–H and O–H groups in total. The third-order valence-corrected chi connectivity index (χ3v) is 7.06. The first-order valence-electron chi connectivity index (χ1n) is 11.6. The first-order valence-corrected chi connectivity index (χ1v) is 11.6.